The number of amides is 1. The predicted octanol–water partition coefficient (Wildman–Crippen LogP) is 3.57. The number of aromatic nitrogens is 2. The third-order valence-corrected chi connectivity index (χ3v) is 8.39. The second-order valence-corrected chi connectivity index (χ2v) is 11.0. The second kappa shape index (κ2) is 10.8. The first-order valence-electron chi connectivity index (χ1n) is 12.8. The van der Waals surface area contributed by atoms with Crippen LogP contribution < -0.4 is 15.4 Å². The number of aliphatic hydroxyl groups is 1. The smallest absolute Gasteiger partial charge is 0.403 e. The van der Waals surface area contributed by atoms with Crippen molar-refractivity contribution in [2.45, 2.75) is 86.9 Å². The zero-order valence-corrected chi connectivity index (χ0v) is 21.7. The molecule has 2 aromatic rings. The molecule has 3 unspecified atom stereocenters. The van der Waals surface area contributed by atoms with E-state index in [1.165, 1.54) is 12.1 Å². The van der Waals surface area contributed by atoms with E-state index in [0.29, 0.717) is 32.1 Å². The fraction of sp³-hybridized carbons (Fsp3) is 0.640. The highest BCUT2D eigenvalue weighted by atomic mass is 35.5. The van der Waals surface area contributed by atoms with Crippen LogP contribution in [0.5, 0.6) is 5.75 Å². The number of carbonyl (C=O) groups excluding carboxylic acids is 1. The van der Waals surface area contributed by atoms with Gasteiger partial charge >= 0.3 is 6.18 Å². The van der Waals surface area contributed by atoms with Gasteiger partial charge in [0.15, 0.2) is 12.4 Å². The molecule has 4 aliphatic rings. The van der Waals surface area contributed by atoms with E-state index < -0.39 is 47.1 Å². The lowest BCUT2D eigenvalue weighted by Gasteiger charge is -2.54. The van der Waals surface area contributed by atoms with E-state index in [1.807, 2.05) is 0 Å². The number of carbonyl (C=O) groups is 1. The molecule has 1 amide bonds. The molecule has 14 heteroatoms. The van der Waals surface area contributed by atoms with Crippen LogP contribution in [0.1, 0.15) is 56.7 Å². The van der Waals surface area contributed by atoms with Gasteiger partial charge in [-0.15, -0.1) is 0 Å². The van der Waals surface area contributed by atoms with Gasteiger partial charge in [-0.05, 0) is 63.6 Å². The molecule has 3 aliphatic carbocycles. The van der Waals surface area contributed by atoms with E-state index in [0.717, 1.165) is 6.07 Å². The van der Waals surface area contributed by atoms with E-state index >= 15 is 0 Å². The number of alkyl halides is 3. The Morgan fingerprint density at radius 1 is 1.28 bits per heavy atom. The minimum atomic E-state index is -4.34. The van der Waals surface area contributed by atoms with Crippen LogP contribution >= 0.6 is 11.6 Å². The van der Waals surface area contributed by atoms with Gasteiger partial charge in [-0.3, -0.25) is 4.79 Å². The monoisotopic (exact) mass is 576 g/mol. The van der Waals surface area contributed by atoms with Crippen molar-refractivity contribution >= 4 is 17.5 Å². The Kier molecular flexibility index (Phi) is 7.79. The fourth-order valence-corrected chi connectivity index (χ4v) is 5.97. The lowest BCUT2D eigenvalue weighted by molar-refractivity contribution is -0.170. The number of ether oxygens (including phenoxy) is 2. The van der Waals surface area contributed by atoms with Crippen molar-refractivity contribution in [1.82, 2.24) is 20.8 Å². The van der Waals surface area contributed by atoms with E-state index in [9.17, 15) is 27.5 Å². The molecule has 3 N–H and O–H groups in total. The highest BCUT2D eigenvalue weighted by molar-refractivity contribution is 6.30. The van der Waals surface area contributed by atoms with E-state index in [1.54, 1.807) is 0 Å². The Morgan fingerprint density at radius 3 is 2.74 bits per heavy atom. The van der Waals surface area contributed by atoms with E-state index in [-0.39, 0.29) is 55.1 Å². The largest absolute Gasteiger partial charge is 0.484 e. The first kappa shape index (κ1) is 28.1. The molecule has 1 aromatic carbocycles. The van der Waals surface area contributed by atoms with Gasteiger partial charge in [0.1, 0.15) is 24.2 Å². The highest BCUT2D eigenvalue weighted by Crippen LogP contribution is 2.53. The van der Waals surface area contributed by atoms with Crippen LogP contribution in [0.3, 0.4) is 0 Å². The maximum Gasteiger partial charge on any atom is 0.403 e. The van der Waals surface area contributed by atoms with Crippen molar-refractivity contribution in [2.24, 2.45) is 0 Å². The second-order valence-electron chi connectivity index (χ2n) is 10.6. The van der Waals surface area contributed by atoms with E-state index in [2.05, 4.69) is 20.8 Å². The van der Waals surface area contributed by atoms with Gasteiger partial charge in [0.25, 0.3) is 5.91 Å². The van der Waals surface area contributed by atoms with Gasteiger partial charge in [0.05, 0.1) is 22.6 Å². The SMILES string of the molecule is O=C(COc1ccc(Cl)c(F)c1)NC12CCC(c3nc(COC4CCNC(C(F)(F)F)C4)no3)(CC1)C(O)C2. The molecule has 39 heavy (non-hydrogen) atoms. The summed E-state index contributed by atoms with van der Waals surface area (Å²) >= 11 is 5.66. The summed E-state index contributed by atoms with van der Waals surface area (Å²) in [7, 11) is 0. The van der Waals surface area contributed by atoms with Crippen molar-refractivity contribution in [1.29, 1.82) is 0 Å². The number of aliphatic hydroxyl groups excluding tert-OH is 1. The Morgan fingerprint density at radius 2 is 2.05 bits per heavy atom. The number of nitrogens with zero attached hydrogens (tertiary/aromatic N) is 2. The Hall–Kier alpha value is -2.48. The van der Waals surface area contributed by atoms with Crippen molar-refractivity contribution in [3.8, 4) is 5.75 Å². The van der Waals surface area contributed by atoms with Crippen molar-refractivity contribution in [3.63, 3.8) is 0 Å². The number of rotatable bonds is 8. The maximum atomic E-state index is 13.6. The maximum absolute atomic E-state index is 13.6. The average Bonchev–Trinajstić information content (AvgIpc) is 3.38. The third kappa shape index (κ3) is 6.01. The summed E-state index contributed by atoms with van der Waals surface area (Å²) in [6, 6.07) is 2.30. The predicted molar refractivity (Wildman–Crippen MR) is 129 cm³/mol. The third-order valence-electron chi connectivity index (χ3n) is 8.08. The minimum absolute atomic E-state index is 0.0469. The molecule has 3 saturated carbocycles. The minimum Gasteiger partial charge on any atom is -0.484 e. The van der Waals surface area contributed by atoms with Crippen LogP contribution in [0, 0.1) is 5.82 Å². The van der Waals surface area contributed by atoms with Gasteiger partial charge in [-0.1, -0.05) is 16.8 Å². The summed E-state index contributed by atoms with van der Waals surface area (Å²) < 4.78 is 69.2. The van der Waals surface area contributed by atoms with Crippen molar-refractivity contribution in [3.05, 3.63) is 40.8 Å². The Bertz CT molecular complexity index is 1190. The summed E-state index contributed by atoms with van der Waals surface area (Å²) in [6.07, 6.45) is -3.16. The van der Waals surface area contributed by atoms with Crippen molar-refractivity contribution in [2.75, 3.05) is 13.2 Å². The first-order valence-corrected chi connectivity index (χ1v) is 13.2. The molecule has 6 rings (SSSR count). The van der Waals surface area contributed by atoms with Gasteiger partial charge in [-0.2, -0.15) is 18.2 Å². The summed E-state index contributed by atoms with van der Waals surface area (Å²) in [4.78, 5) is 17.0. The number of hydrogen-bond acceptors (Lipinski definition) is 8. The van der Waals surface area contributed by atoms with E-state index in [4.69, 9.17) is 25.6 Å². The van der Waals surface area contributed by atoms with Gasteiger partial charge in [0, 0.05) is 11.6 Å². The molecule has 0 spiro atoms. The summed E-state index contributed by atoms with van der Waals surface area (Å²) in [5.74, 6) is -0.397. The molecule has 1 aliphatic heterocycles. The molecule has 3 atom stereocenters. The lowest BCUT2D eigenvalue weighted by atomic mass is 9.55. The molecule has 0 radical (unpaired) electrons. The number of benzene rings is 1. The first-order chi connectivity index (χ1) is 18.5. The number of piperidine rings is 1. The van der Waals surface area contributed by atoms with Crippen LogP contribution in [-0.2, 0) is 21.6 Å². The fourth-order valence-electron chi connectivity index (χ4n) is 5.85. The molecule has 2 bridgehead atoms. The molecular weight excluding hydrogens is 548 g/mol. The van der Waals surface area contributed by atoms with Gasteiger partial charge in [0.2, 0.25) is 5.89 Å². The Balaban J connectivity index is 1.14. The molecule has 2 heterocycles. The topological polar surface area (TPSA) is 119 Å². The van der Waals surface area contributed by atoms with Crippen molar-refractivity contribution < 1.29 is 41.5 Å². The van der Waals surface area contributed by atoms with Crippen LogP contribution in [0.25, 0.3) is 0 Å². The average molecular weight is 577 g/mol. The Labute approximate surface area is 226 Å². The summed E-state index contributed by atoms with van der Waals surface area (Å²) in [5, 5.41) is 20.4. The molecular formula is C25H29ClF4N4O5. The number of nitrogens with one attached hydrogen (secondary N) is 2. The quantitative estimate of drug-likeness (QED) is 0.408. The zero-order valence-electron chi connectivity index (χ0n) is 20.9. The normalized spacial score (nSPS) is 30.8. The standard InChI is InChI=1S/C25H29ClF4N4O5/c26-16-2-1-14(9-17(16)27)38-13-21(36)33-23-4-6-24(7-5-23,19(35)11-23)22-32-20(34-39-22)12-37-15-3-8-31-18(10-15)25(28,29)30/h1-2,9,15,18-19,31,35H,3-8,10-13H2,(H,33,36). The molecule has 214 valence electrons. The molecule has 9 nitrogen and oxygen atoms in total. The number of halogens is 5. The molecule has 4 fully saturated rings. The number of fused-ring (bicyclic) bond motifs is 3. The van der Waals surface area contributed by atoms with Crippen LogP contribution in [0.4, 0.5) is 17.6 Å². The highest BCUT2D eigenvalue weighted by Gasteiger charge is 2.58. The van der Waals surface area contributed by atoms with Gasteiger partial charge < -0.3 is 29.7 Å². The van der Waals surface area contributed by atoms with Crippen LogP contribution in [0.15, 0.2) is 22.7 Å². The number of hydrogen-bond donors (Lipinski definition) is 3. The lowest BCUT2D eigenvalue weighted by Crippen LogP contribution is -2.64. The van der Waals surface area contributed by atoms with Gasteiger partial charge in [-0.25, -0.2) is 4.39 Å². The van der Waals surface area contributed by atoms with Crippen LogP contribution in [0.2, 0.25) is 5.02 Å². The summed E-state index contributed by atoms with van der Waals surface area (Å²) in [5.41, 5.74) is -1.39. The zero-order chi connectivity index (χ0) is 27.8. The van der Waals surface area contributed by atoms with Crippen LogP contribution in [-0.4, -0.2) is 64.3 Å². The molecule has 1 aromatic heterocycles. The molecule has 1 saturated heterocycles. The summed E-state index contributed by atoms with van der Waals surface area (Å²) in [6.45, 7) is -0.216.